The van der Waals surface area contributed by atoms with Gasteiger partial charge in [0.2, 0.25) is 0 Å². The lowest BCUT2D eigenvalue weighted by molar-refractivity contribution is 0.0526. The highest BCUT2D eigenvalue weighted by atomic mass is 79.9. The Balaban J connectivity index is 3.15. The zero-order valence-electron chi connectivity index (χ0n) is 9.05. The van der Waals surface area contributed by atoms with E-state index in [0.29, 0.717) is 17.5 Å². The van der Waals surface area contributed by atoms with Gasteiger partial charge in [-0.3, -0.25) is 0 Å². The van der Waals surface area contributed by atoms with Gasteiger partial charge < -0.3 is 9.47 Å². The van der Waals surface area contributed by atoms with E-state index in [1.165, 1.54) is 0 Å². The Morgan fingerprint density at radius 3 is 2.62 bits per heavy atom. The summed E-state index contributed by atoms with van der Waals surface area (Å²) < 4.78 is 10.9. The van der Waals surface area contributed by atoms with Gasteiger partial charge in [0.25, 0.3) is 0 Å². The molecule has 0 radical (unpaired) electrons. The van der Waals surface area contributed by atoms with Crippen LogP contribution in [0.4, 0.5) is 0 Å². The molecule has 1 aromatic carbocycles. The van der Waals surface area contributed by atoms with E-state index in [4.69, 9.17) is 9.47 Å². The molecule has 0 aliphatic carbocycles. The number of halogens is 2. The van der Waals surface area contributed by atoms with Crippen LogP contribution in [0.1, 0.15) is 22.8 Å². The van der Waals surface area contributed by atoms with Crippen molar-refractivity contribution >= 4 is 37.8 Å². The minimum absolute atomic E-state index is 0.326. The lowest BCUT2D eigenvalue weighted by atomic mass is 10.1. The van der Waals surface area contributed by atoms with Gasteiger partial charge in [-0.05, 0) is 35.0 Å². The van der Waals surface area contributed by atoms with Crippen LogP contribution in [0.2, 0.25) is 0 Å². The summed E-state index contributed by atoms with van der Waals surface area (Å²) in [6.07, 6.45) is 0. The van der Waals surface area contributed by atoms with Crippen LogP contribution in [0.3, 0.4) is 0 Å². The molecule has 1 aromatic rings. The second-order valence-electron chi connectivity index (χ2n) is 3.00. The Kier molecular flexibility index (Phi) is 5.28. The number of hydrogen-bond donors (Lipinski definition) is 0. The summed E-state index contributed by atoms with van der Waals surface area (Å²) in [6, 6.07) is 3.46. The fourth-order valence-corrected chi connectivity index (χ4v) is 2.39. The van der Waals surface area contributed by atoms with Gasteiger partial charge >= 0.3 is 5.97 Å². The molecule has 16 heavy (non-hydrogen) atoms. The Labute approximate surface area is 111 Å². The first kappa shape index (κ1) is 13.5. The zero-order chi connectivity index (χ0) is 12.1. The minimum atomic E-state index is -0.326. The molecular weight excluding hydrogens is 340 g/mol. The molecule has 0 N–H and O–H groups in total. The van der Waals surface area contributed by atoms with Gasteiger partial charge in [-0.2, -0.15) is 0 Å². The third kappa shape index (κ3) is 2.98. The molecule has 88 valence electrons. The molecule has 0 unspecified atom stereocenters. The first-order valence-corrected chi connectivity index (χ1v) is 6.65. The quantitative estimate of drug-likeness (QED) is 0.615. The van der Waals surface area contributed by atoms with Crippen LogP contribution in [0.25, 0.3) is 0 Å². The molecule has 0 spiro atoms. The van der Waals surface area contributed by atoms with E-state index in [9.17, 15) is 4.79 Å². The standard InChI is InChI=1S/C11H12Br2O3/c1-3-16-11(14)7-4-8(6-12)10(15-2)9(13)5-7/h4-5H,3,6H2,1-2H3. The number of benzene rings is 1. The molecule has 0 atom stereocenters. The van der Waals surface area contributed by atoms with Crippen molar-refractivity contribution in [1.29, 1.82) is 0 Å². The van der Waals surface area contributed by atoms with Gasteiger partial charge in [0.1, 0.15) is 5.75 Å². The first-order chi connectivity index (χ1) is 7.63. The number of carbonyl (C=O) groups excluding carboxylic acids is 1. The van der Waals surface area contributed by atoms with E-state index in [2.05, 4.69) is 31.9 Å². The summed E-state index contributed by atoms with van der Waals surface area (Å²) in [5.74, 6) is 0.401. The third-order valence-electron chi connectivity index (χ3n) is 1.98. The summed E-state index contributed by atoms with van der Waals surface area (Å²) in [5.41, 5.74) is 1.42. The highest BCUT2D eigenvalue weighted by molar-refractivity contribution is 9.10. The van der Waals surface area contributed by atoms with Crippen molar-refractivity contribution in [3.63, 3.8) is 0 Å². The lowest BCUT2D eigenvalue weighted by Gasteiger charge is -2.10. The maximum Gasteiger partial charge on any atom is 0.338 e. The number of alkyl halides is 1. The molecule has 1 rings (SSSR count). The van der Waals surface area contributed by atoms with Crippen LogP contribution in [-0.4, -0.2) is 19.7 Å². The van der Waals surface area contributed by atoms with Crippen molar-refractivity contribution in [3.05, 3.63) is 27.7 Å². The maximum atomic E-state index is 11.6. The van der Waals surface area contributed by atoms with Crippen LogP contribution < -0.4 is 4.74 Å². The van der Waals surface area contributed by atoms with E-state index in [1.807, 2.05) is 0 Å². The zero-order valence-corrected chi connectivity index (χ0v) is 12.2. The predicted molar refractivity (Wildman–Crippen MR) is 69.3 cm³/mol. The summed E-state index contributed by atoms with van der Waals surface area (Å²) >= 11 is 6.72. The third-order valence-corrected chi connectivity index (χ3v) is 3.17. The molecule has 0 amide bonds. The number of carbonyl (C=O) groups is 1. The normalized spacial score (nSPS) is 10.0. The van der Waals surface area contributed by atoms with Crippen molar-refractivity contribution < 1.29 is 14.3 Å². The molecule has 0 heterocycles. The largest absolute Gasteiger partial charge is 0.495 e. The van der Waals surface area contributed by atoms with Gasteiger partial charge in [-0.15, -0.1) is 0 Å². The molecule has 0 saturated carbocycles. The van der Waals surface area contributed by atoms with Gasteiger partial charge in [-0.1, -0.05) is 15.9 Å². The molecule has 5 heteroatoms. The number of rotatable bonds is 4. The van der Waals surface area contributed by atoms with Crippen molar-refractivity contribution in [2.45, 2.75) is 12.3 Å². The van der Waals surface area contributed by atoms with E-state index in [1.54, 1.807) is 26.2 Å². The highest BCUT2D eigenvalue weighted by Crippen LogP contribution is 2.32. The van der Waals surface area contributed by atoms with Crippen LogP contribution >= 0.6 is 31.9 Å². The fraction of sp³-hybridized carbons (Fsp3) is 0.364. The summed E-state index contributed by atoms with van der Waals surface area (Å²) in [6.45, 7) is 2.15. The van der Waals surface area contributed by atoms with Crippen LogP contribution in [-0.2, 0) is 10.1 Å². The van der Waals surface area contributed by atoms with E-state index in [0.717, 1.165) is 15.8 Å². The van der Waals surface area contributed by atoms with Crippen LogP contribution in [0.15, 0.2) is 16.6 Å². The topological polar surface area (TPSA) is 35.5 Å². The summed E-state index contributed by atoms with van der Waals surface area (Å²) in [4.78, 5) is 11.6. The van der Waals surface area contributed by atoms with Crippen molar-refractivity contribution in [1.82, 2.24) is 0 Å². The molecule has 0 aliphatic heterocycles. The second-order valence-corrected chi connectivity index (χ2v) is 4.42. The minimum Gasteiger partial charge on any atom is -0.495 e. The first-order valence-electron chi connectivity index (χ1n) is 4.73. The fourth-order valence-electron chi connectivity index (χ4n) is 1.31. The Bertz CT molecular complexity index is 391. The number of hydrogen-bond acceptors (Lipinski definition) is 3. The SMILES string of the molecule is CCOC(=O)c1cc(Br)c(OC)c(CBr)c1. The van der Waals surface area contributed by atoms with Gasteiger partial charge in [0.15, 0.2) is 0 Å². The smallest absolute Gasteiger partial charge is 0.338 e. The average Bonchev–Trinajstić information content (AvgIpc) is 2.28. The Hall–Kier alpha value is -0.550. The van der Waals surface area contributed by atoms with Gasteiger partial charge in [0, 0.05) is 10.9 Å². The second kappa shape index (κ2) is 6.25. The molecule has 0 saturated heterocycles. The van der Waals surface area contributed by atoms with E-state index >= 15 is 0 Å². The molecule has 0 bridgehead atoms. The highest BCUT2D eigenvalue weighted by Gasteiger charge is 2.14. The van der Waals surface area contributed by atoms with E-state index < -0.39 is 0 Å². The molecule has 0 aromatic heterocycles. The number of ether oxygens (including phenoxy) is 2. The summed E-state index contributed by atoms with van der Waals surface area (Å²) in [5, 5.41) is 0.613. The lowest BCUT2D eigenvalue weighted by Crippen LogP contribution is -2.06. The Morgan fingerprint density at radius 1 is 1.44 bits per heavy atom. The van der Waals surface area contributed by atoms with Crippen molar-refractivity contribution in [3.8, 4) is 5.75 Å². The molecule has 0 aliphatic rings. The monoisotopic (exact) mass is 350 g/mol. The molecule has 3 nitrogen and oxygen atoms in total. The maximum absolute atomic E-state index is 11.6. The van der Waals surface area contributed by atoms with Gasteiger partial charge in [-0.25, -0.2) is 4.79 Å². The van der Waals surface area contributed by atoms with Crippen LogP contribution in [0.5, 0.6) is 5.75 Å². The van der Waals surface area contributed by atoms with Crippen molar-refractivity contribution in [2.24, 2.45) is 0 Å². The molecule has 0 fully saturated rings. The predicted octanol–water partition coefficient (Wildman–Crippen LogP) is 3.53. The summed E-state index contributed by atoms with van der Waals surface area (Å²) in [7, 11) is 1.59. The van der Waals surface area contributed by atoms with Gasteiger partial charge in [0.05, 0.1) is 23.8 Å². The van der Waals surface area contributed by atoms with Crippen molar-refractivity contribution in [2.75, 3.05) is 13.7 Å². The van der Waals surface area contributed by atoms with E-state index in [-0.39, 0.29) is 5.97 Å². The Morgan fingerprint density at radius 2 is 2.12 bits per heavy atom. The molecular formula is C11H12Br2O3. The number of esters is 1. The number of methoxy groups -OCH3 is 1. The average molecular weight is 352 g/mol. The van der Waals surface area contributed by atoms with Crippen LogP contribution in [0, 0.1) is 0 Å².